The number of carbonyl (C=O) groups is 1. The maximum absolute atomic E-state index is 12.5. The molecule has 6 heteroatoms. The van der Waals surface area contributed by atoms with Crippen LogP contribution in [0.5, 0.6) is 6.01 Å². The Hall–Kier alpha value is -2.14. The molecule has 0 spiro atoms. The van der Waals surface area contributed by atoms with E-state index in [0.717, 1.165) is 19.4 Å². The van der Waals surface area contributed by atoms with Gasteiger partial charge in [-0.3, -0.25) is 4.79 Å². The van der Waals surface area contributed by atoms with Crippen LogP contribution in [0.4, 0.5) is 0 Å². The summed E-state index contributed by atoms with van der Waals surface area (Å²) in [4.78, 5) is 22.3. The fraction of sp³-hybridized carbons (Fsp3) is 0.312. The molecule has 0 N–H and O–H groups in total. The third-order valence-electron chi connectivity index (χ3n) is 3.55. The molecule has 1 aromatic heterocycles. The number of rotatable bonds is 3. The molecule has 1 aliphatic heterocycles. The van der Waals surface area contributed by atoms with Gasteiger partial charge in [0.2, 0.25) is 0 Å². The van der Waals surface area contributed by atoms with E-state index < -0.39 is 0 Å². The number of carbonyl (C=O) groups excluding carboxylic acids is 1. The van der Waals surface area contributed by atoms with Gasteiger partial charge < -0.3 is 9.64 Å². The number of aromatic nitrogens is 2. The van der Waals surface area contributed by atoms with E-state index >= 15 is 0 Å². The minimum atomic E-state index is -0.0948. The van der Waals surface area contributed by atoms with E-state index in [9.17, 15) is 4.79 Å². The van der Waals surface area contributed by atoms with E-state index in [-0.39, 0.29) is 12.0 Å². The van der Waals surface area contributed by atoms with Gasteiger partial charge in [0.1, 0.15) is 6.10 Å². The van der Waals surface area contributed by atoms with Gasteiger partial charge in [-0.05, 0) is 25.0 Å². The van der Waals surface area contributed by atoms with E-state index in [1.54, 1.807) is 0 Å². The van der Waals surface area contributed by atoms with Crippen molar-refractivity contribution in [2.24, 2.45) is 0 Å². The quantitative estimate of drug-likeness (QED) is 0.873. The van der Waals surface area contributed by atoms with Crippen molar-refractivity contribution in [1.82, 2.24) is 14.9 Å². The standard InChI is InChI=1S/C16H16ClN3O2/c17-13-9-18-16(19-10-13)22-14-7-4-8-20(11-14)15(21)12-5-2-1-3-6-12/h1-3,5-6,9-10,14H,4,7-8,11H2. The Bertz CT molecular complexity index is 634. The highest BCUT2D eigenvalue weighted by Gasteiger charge is 2.26. The molecule has 1 atom stereocenters. The smallest absolute Gasteiger partial charge is 0.316 e. The maximum atomic E-state index is 12.5. The molecule has 0 bridgehead atoms. The molecular weight excluding hydrogens is 302 g/mol. The minimum Gasteiger partial charge on any atom is -0.458 e. The number of hydrogen-bond acceptors (Lipinski definition) is 4. The van der Waals surface area contributed by atoms with Crippen LogP contribution in [0.3, 0.4) is 0 Å². The number of ether oxygens (including phenoxy) is 1. The molecule has 1 aromatic carbocycles. The zero-order valence-corrected chi connectivity index (χ0v) is 12.7. The second-order valence-electron chi connectivity index (χ2n) is 5.18. The highest BCUT2D eigenvalue weighted by atomic mass is 35.5. The van der Waals surface area contributed by atoms with Crippen LogP contribution in [0.15, 0.2) is 42.7 Å². The molecule has 1 aliphatic rings. The summed E-state index contributed by atoms with van der Waals surface area (Å²) in [6.07, 6.45) is 4.68. The van der Waals surface area contributed by atoms with Gasteiger partial charge in [-0.15, -0.1) is 0 Å². The number of benzene rings is 1. The van der Waals surface area contributed by atoms with Crippen LogP contribution >= 0.6 is 11.6 Å². The van der Waals surface area contributed by atoms with Gasteiger partial charge in [0.15, 0.2) is 0 Å². The molecule has 5 nitrogen and oxygen atoms in total. The molecule has 22 heavy (non-hydrogen) atoms. The number of amides is 1. The zero-order valence-electron chi connectivity index (χ0n) is 12.0. The summed E-state index contributed by atoms with van der Waals surface area (Å²) in [7, 11) is 0. The van der Waals surface area contributed by atoms with Gasteiger partial charge in [-0.2, -0.15) is 0 Å². The number of halogens is 1. The average molecular weight is 318 g/mol. The predicted molar refractivity (Wildman–Crippen MR) is 83.0 cm³/mol. The van der Waals surface area contributed by atoms with Gasteiger partial charge in [-0.25, -0.2) is 9.97 Å². The van der Waals surface area contributed by atoms with Gasteiger partial charge in [0, 0.05) is 12.1 Å². The summed E-state index contributed by atoms with van der Waals surface area (Å²) in [5.74, 6) is 0.0333. The molecule has 2 aromatic rings. The molecule has 1 saturated heterocycles. The van der Waals surface area contributed by atoms with Crippen molar-refractivity contribution in [2.45, 2.75) is 18.9 Å². The van der Waals surface area contributed by atoms with Crippen LogP contribution < -0.4 is 4.74 Å². The summed E-state index contributed by atoms with van der Waals surface area (Å²) in [6.45, 7) is 1.29. The molecule has 0 radical (unpaired) electrons. The van der Waals surface area contributed by atoms with Crippen LogP contribution in [0.1, 0.15) is 23.2 Å². The van der Waals surface area contributed by atoms with Crippen LogP contribution in [-0.4, -0.2) is 40.0 Å². The molecule has 2 heterocycles. The van der Waals surface area contributed by atoms with Crippen LogP contribution in [0, 0.1) is 0 Å². The lowest BCUT2D eigenvalue weighted by atomic mass is 10.1. The summed E-state index contributed by atoms with van der Waals surface area (Å²) in [5.41, 5.74) is 0.700. The Balaban J connectivity index is 1.64. The van der Waals surface area contributed by atoms with Crippen LogP contribution in [0.2, 0.25) is 5.02 Å². The summed E-state index contributed by atoms with van der Waals surface area (Å²) >= 11 is 5.75. The Morgan fingerprint density at radius 3 is 2.68 bits per heavy atom. The fourth-order valence-corrected chi connectivity index (χ4v) is 2.59. The molecule has 1 fully saturated rings. The number of hydrogen-bond donors (Lipinski definition) is 0. The number of nitrogens with zero attached hydrogens (tertiary/aromatic N) is 3. The lowest BCUT2D eigenvalue weighted by molar-refractivity contribution is 0.0516. The summed E-state index contributed by atoms with van der Waals surface area (Å²) < 4.78 is 5.75. The highest BCUT2D eigenvalue weighted by molar-refractivity contribution is 6.30. The van der Waals surface area contributed by atoms with Crippen molar-refractivity contribution in [3.63, 3.8) is 0 Å². The zero-order chi connectivity index (χ0) is 15.4. The predicted octanol–water partition coefficient (Wildman–Crippen LogP) is 2.81. The number of piperidine rings is 1. The normalized spacial score (nSPS) is 18.0. The van der Waals surface area contributed by atoms with Crippen molar-refractivity contribution in [3.05, 3.63) is 53.3 Å². The van der Waals surface area contributed by atoms with E-state index in [2.05, 4.69) is 9.97 Å². The van der Waals surface area contributed by atoms with Crippen LogP contribution in [-0.2, 0) is 0 Å². The van der Waals surface area contributed by atoms with E-state index in [1.165, 1.54) is 12.4 Å². The molecule has 1 amide bonds. The minimum absolute atomic E-state index is 0.0333. The largest absolute Gasteiger partial charge is 0.458 e. The molecular formula is C16H16ClN3O2. The third-order valence-corrected chi connectivity index (χ3v) is 3.75. The lowest BCUT2D eigenvalue weighted by Crippen LogP contribution is -2.44. The summed E-state index contributed by atoms with van der Waals surface area (Å²) in [5, 5.41) is 0.469. The molecule has 0 aliphatic carbocycles. The van der Waals surface area contributed by atoms with E-state index in [1.807, 2.05) is 35.2 Å². The van der Waals surface area contributed by atoms with Gasteiger partial charge in [0.05, 0.1) is 24.0 Å². The Labute approximate surface area is 133 Å². The van der Waals surface area contributed by atoms with Crippen molar-refractivity contribution in [3.8, 4) is 6.01 Å². The van der Waals surface area contributed by atoms with Crippen molar-refractivity contribution >= 4 is 17.5 Å². The van der Waals surface area contributed by atoms with E-state index in [4.69, 9.17) is 16.3 Å². The number of likely N-dealkylation sites (tertiary alicyclic amines) is 1. The first-order valence-corrected chi connectivity index (χ1v) is 7.59. The van der Waals surface area contributed by atoms with Crippen molar-refractivity contribution in [1.29, 1.82) is 0 Å². The second kappa shape index (κ2) is 6.75. The first-order valence-electron chi connectivity index (χ1n) is 7.21. The first-order chi connectivity index (χ1) is 10.7. The second-order valence-corrected chi connectivity index (χ2v) is 5.62. The van der Waals surface area contributed by atoms with Gasteiger partial charge in [-0.1, -0.05) is 29.8 Å². The lowest BCUT2D eigenvalue weighted by Gasteiger charge is -2.32. The SMILES string of the molecule is O=C(c1ccccc1)N1CCCC(Oc2ncc(Cl)cn2)C1. The topological polar surface area (TPSA) is 55.3 Å². The molecule has 3 rings (SSSR count). The van der Waals surface area contributed by atoms with Gasteiger partial charge in [0.25, 0.3) is 5.91 Å². The Kier molecular flexibility index (Phi) is 4.53. The molecule has 114 valence electrons. The maximum Gasteiger partial charge on any atom is 0.316 e. The van der Waals surface area contributed by atoms with Crippen molar-refractivity contribution in [2.75, 3.05) is 13.1 Å². The van der Waals surface area contributed by atoms with Crippen molar-refractivity contribution < 1.29 is 9.53 Å². The highest BCUT2D eigenvalue weighted by Crippen LogP contribution is 2.18. The van der Waals surface area contributed by atoms with Crippen LogP contribution in [0.25, 0.3) is 0 Å². The fourth-order valence-electron chi connectivity index (χ4n) is 2.49. The monoisotopic (exact) mass is 317 g/mol. The van der Waals surface area contributed by atoms with Gasteiger partial charge >= 0.3 is 6.01 Å². The Morgan fingerprint density at radius 1 is 1.23 bits per heavy atom. The molecule has 0 saturated carbocycles. The first kappa shape index (κ1) is 14.8. The summed E-state index contributed by atoms with van der Waals surface area (Å²) in [6, 6.07) is 9.59. The average Bonchev–Trinajstić information content (AvgIpc) is 2.57. The third kappa shape index (κ3) is 3.54. The van der Waals surface area contributed by atoms with E-state index in [0.29, 0.717) is 23.1 Å². The Morgan fingerprint density at radius 2 is 1.95 bits per heavy atom. The molecule has 1 unspecified atom stereocenters.